The zero-order valence-corrected chi connectivity index (χ0v) is 5.79. The monoisotopic (exact) mass is 159 g/mol. The van der Waals surface area contributed by atoms with Gasteiger partial charge in [0.2, 0.25) is 0 Å². The summed E-state index contributed by atoms with van der Waals surface area (Å²) < 4.78 is 25.8. The van der Waals surface area contributed by atoms with E-state index in [-0.39, 0.29) is 6.61 Å². The van der Waals surface area contributed by atoms with Crippen LogP contribution in [0.25, 0.3) is 0 Å². The van der Waals surface area contributed by atoms with E-state index in [1.54, 1.807) is 6.92 Å². The number of hydrogen-bond donors (Lipinski definition) is 1. The molecule has 0 aliphatic rings. The molecule has 0 aromatic carbocycles. The van der Waals surface area contributed by atoms with E-state index in [2.05, 4.69) is 4.18 Å². The lowest BCUT2D eigenvalue weighted by atomic mass is 10.9. The molecule has 1 N–H and O–H groups in total. The average molecular weight is 160 g/mol. The van der Waals surface area contributed by atoms with Crippen molar-refractivity contribution >= 4 is 22.1 Å². The molecular weight excluding hydrogens is 154 g/mol. The van der Waals surface area contributed by atoms with Crippen LogP contribution < -0.4 is 4.24 Å². The second kappa shape index (κ2) is 3.24. The molecule has 0 aliphatic heterocycles. The summed E-state index contributed by atoms with van der Waals surface area (Å²) >= 11 is 4.71. The number of halogens is 1. The van der Waals surface area contributed by atoms with Gasteiger partial charge in [0.15, 0.2) is 0 Å². The highest BCUT2D eigenvalue weighted by atomic mass is 35.5. The lowest BCUT2D eigenvalue weighted by Crippen LogP contribution is -2.16. The van der Waals surface area contributed by atoms with Crippen LogP contribution in [0, 0.1) is 0 Å². The van der Waals surface area contributed by atoms with Gasteiger partial charge in [-0.1, -0.05) is 0 Å². The van der Waals surface area contributed by atoms with Crippen LogP contribution in [0.2, 0.25) is 0 Å². The van der Waals surface area contributed by atoms with Crippen molar-refractivity contribution in [1.29, 1.82) is 0 Å². The molecule has 0 aromatic heterocycles. The average Bonchev–Trinajstić information content (AvgIpc) is 1.67. The molecule has 6 heteroatoms. The van der Waals surface area contributed by atoms with Gasteiger partial charge < -0.3 is 0 Å². The van der Waals surface area contributed by atoms with Crippen LogP contribution in [-0.2, 0) is 14.5 Å². The van der Waals surface area contributed by atoms with Gasteiger partial charge in [0.05, 0.1) is 6.61 Å². The van der Waals surface area contributed by atoms with Crippen LogP contribution in [0.5, 0.6) is 0 Å². The summed E-state index contributed by atoms with van der Waals surface area (Å²) in [6.07, 6.45) is 0. The molecule has 0 bridgehead atoms. The van der Waals surface area contributed by atoms with Crippen molar-refractivity contribution in [1.82, 2.24) is 4.24 Å². The largest absolute Gasteiger partial charge is 0.349 e. The summed E-state index contributed by atoms with van der Waals surface area (Å²) in [4.78, 5) is 0. The Morgan fingerprint density at radius 2 is 2.25 bits per heavy atom. The fourth-order valence-corrected chi connectivity index (χ4v) is 0.666. The van der Waals surface area contributed by atoms with Crippen LogP contribution in [-0.4, -0.2) is 15.0 Å². The first-order valence-electron chi connectivity index (χ1n) is 1.89. The van der Waals surface area contributed by atoms with E-state index >= 15 is 0 Å². The first-order chi connectivity index (χ1) is 3.62. The van der Waals surface area contributed by atoms with E-state index in [1.807, 2.05) is 0 Å². The minimum absolute atomic E-state index is 0.0854. The van der Waals surface area contributed by atoms with E-state index in [1.165, 1.54) is 4.24 Å². The minimum Gasteiger partial charge on any atom is -0.258 e. The van der Waals surface area contributed by atoms with Crippen LogP contribution in [0.1, 0.15) is 6.92 Å². The lowest BCUT2D eigenvalue weighted by molar-refractivity contribution is 0.336. The number of hydrogen-bond acceptors (Lipinski definition) is 3. The van der Waals surface area contributed by atoms with Gasteiger partial charge >= 0.3 is 10.3 Å². The summed E-state index contributed by atoms with van der Waals surface area (Å²) in [5.41, 5.74) is 0. The SMILES string of the molecule is CCOS(=O)(=O)NCl. The van der Waals surface area contributed by atoms with E-state index in [9.17, 15) is 8.42 Å². The van der Waals surface area contributed by atoms with Gasteiger partial charge in [-0.05, 0) is 18.7 Å². The van der Waals surface area contributed by atoms with Crippen LogP contribution in [0.15, 0.2) is 0 Å². The molecule has 0 spiro atoms. The van der Waals surface area contributed by atoms with Crippen molar-refractivity contribution in [3.8, 4) is 0 Å². The molecule has 0 saturated heterocycles. The fourth-order valence-electron chi connectivity index (χ4n) is 0.177. The third-order valence-corrected chi connectivity index (χ3v) is 1.67. The van der Waals surface area contributed by atoms with Crippen molar-refractivity contribution < 1.29 is 12.6 Å². The molecule has 0 unspecified atom stereocenters. The number of rotatable bonds is 3. The Balaban J connectivity index is 3.76. The molecule has 0 heterocycles. The molecule has 50 valence electrons. The van der Waals surface area contributed by atoms with Gasteiger partial charge in [0.25, 0.3) is 0 Å². The summed E-state index contributed by atoms with van der Waals surface area (Å²) in [6.45, 7) is 1.63. The molecule has 0 radical (unpaired) electrons. The molecule has 0 atom stereocenters. The van der Waals surface area contributed by atoms with E-state index in [4.69, 9.17) is 11.8 Å². The highest BCUT2D eigenvalue weighted by Gasteiger charge is 2.03. The summed E-state index contributed by atoms with van der Waals surface area (Å²) in [7, 11) is -3.65. The first-order valence-corrected chi connectivity index (χ1v) is 3.68. The van der Waals surface area contributed by atoms with E-state index < -0.39 is 10.3 Å². The third-order valence-electron chi connectivity index (χ3n) is 0.367. The molecule has 0 fully saturated rings. The quantitative estimate of drug-likeness (QED) is 0.591. The highest BCUT2D eigenvalue weighted by Crippen LogP contribution is 1.85. The van der Waals surface area contributed by atoms with Crippen molar-refractivity contribution in [2.75, 3.05) is 6.61 Å². The van der Waals surface area contributed by atoms with Gasteiger partial charge in [-0.3, -0.25) is 4.18 Å². The second-order valence-corrected chi connectivity index (χ2v) is 2.70. The Labute approximate surface area is 53.2 Å². The van der Waals surface area contributed by atoms with Gasteiger partial charge in [-0.2, -0.15) is 8.42 Å². The van der Waals surface area contributed by atoms with E-state index in [0.717, 1.165) is 0 Å². The third kappa shape index (κ3) is 3.20. The normalized spacial score (nSPS) is 11.8. The van der Waals surface area contributed by atoms with Gasteiger partial charge in [0, 0.05) is 0 Å². The smallest absolute Gasteiger partial charge is 0.258 e. The van der Waals surface area contributed by atoms with Crippen LogP contribution >= 0.6 is 11.8 Å². The predicted octanol–water partition coefficient (Wildman–Crippen LogP) is 0.0111. The Hall–Kier alpha value is 0.160. The molecule has 0 rings (SSSR count). The maximum absolute atomic E-state index is 10.1. The molecule has 4 nitrogen and oxygen atoms in total. The maximum atomic E-state index is 10.1. The standard InChI is InChI=1S/C2H6ClNO3S/c1-2-7-8(5,6)4-3/h4H,2H2,1H3. The van der Waals surface area contributed by atoms with Crippen molar-refractivity contribution in [3.05, 3.63) is 0 Å². The lowest BCUT2D eigenvalue weighted by Gasteiger charge is -1.95. The molecular formula is C2H6ClNO3S. The topological polar surface area (TPSA) is 55.4 Å². The minimum atomic E-state index is -3.65. The summed E-state index contributed by atoms with van der Waals surface area (Å²) in [5.74, 6) is 0. The second-order valence-electron chi connectivity index (χ2n) is 0.938. The molecule has 0 aromatic rings. The Morgan fingerprint density at radius 1 is 1.75 bits per heavy atom. The van der Waals surface area contributed by atoms with Gasteiger partial charge in [-0.15, -0.1) is 4.24 Å². The fraction of sp³-hybridized carbons (Fsp3) is 1.00. The zero-order chi connectivity index (χ0) is 6.62. The molecule has 0 aliphatic carbocycles. The van der Waals surface area contributed by atoms with Gasteiger partial charge in [-0.25, -0.2) is 0 Å². The van der Waals surface area contributed by atoms with Crippen molar-refractivity contribution in [3.63, 3.8) is 0 Å². The van der Waals surface area contributed by atoms with Gasteiger partial charge in [0.1, 0.15) is 0 Å². The Kier molecular flexibility index (Phi) is 3.30. The highest BCUT2D eigenvalue weighted by molar-refractivity contribution is 7.85. The molecule has 0 amide bonds. The number of nitrogens with one attached hydrogen (secondary N) is 1. The van der Waals surface area contributed by atoms with Crippen molar-refractivity contribution in [2.24, 2.45) is 0 Å². The van der Waals surface area contributed by atoms with Crippen LogP contribution in [0.3, 0.4) is 0 Å². The predicted molar refractivity (Wildman–Crippen MR) is 29.5 cm³/mol. The maximum Gasteiger partial charge on any atom is 0.349 e. The summed E-state index contributed by atoms with van der Waals surface area (Å²) in [5, 5.41) is 0. The zero-order valence-electron chi connectivity index (χ0n) is 4.22. The Morgan fingerprint density at radius 3 is 2.38 bits per heavy atom. The van der Waals surface area contributed by atoms with E-state index in [0.29, 0.717) is 0 Å². The molecule has 0 saturated carbocycles. The first kappa shape index (κ1) is 8.16. The Bertz CT molecular complexity index is 141. The molecule has 8 heavy (non-hydrogen) atoms. The van der Waals surface area contributed by atoms with Crippen LogP contribution in [0.4, 0.5) is 0 Å². The summed E-state index contributed by atoms with van der Waals surface area (Å²) in [6, 6.07) is 0. The van der Waals surface area contributed by atoms with Crippen molar-refractivity contribution in [2.45, 2.75) is 6.92 Å².